The fourth-order valence-corrected chi connectivity index (χ4v) is 4.39. The van der Waals surface area contributed by atoms with Crippen LogP contribution in [0.15, 0.2) is 6.07 Å². The van der Waals surface area contributed by atoms with Gasteiger partial charge in [-0.25, -0.2) is 0 Å². The summed E-state index contributed by atoms with van der Waals surface area (Å²) in [7, 11) is 1.51. The average molecular weight is 449 g/mol. The van der Waals surface area contributed by atoms with Crippen LogP contribution in [-0.2, 0) is 4.79 Å². The molecule has 2 amide bonds. The molecule has 160 valence electrons. The molecule has 0 spiro atoms. The van der Waals surface area contributed by atoms with Crippen LogP contribution in [0.3, 0.4) is 0 Å². The number of benzene rings is 1. The normalized spacial score (nSPS) is 24.6. The van der Waals surface area contributed by atoms with Crippen LogP contribution in [0.5, 0.6) is 5.75 Å². The summed E-state index contributed by atoms with van der Waals surface area (Å²) in [5, 5.41) is 14.3. The van der Waals surface area contributed by atoms with E-state index in [1.165, 1.54) is 18.0 Å². The number of piperidine rings is 3. The zero-order valence-electron chi connectivity index (χ0n) is 15.6. The number of nitro benzene ring substituents is 1. The van der Waals surface area contributed by atoms with Crippen molar-refractivity contribution in [2.45, 2.75) is 18.9 Å². The third-order valence-electron chi connectivity index (χ3n) is 5.64. The van der Waals surface area contributed by atoms with Crippen molar-refractivity contribution in [2.24, 2.45) is 5.92 Å². The first kappa shape index (κ1) is 23.1. The lowest BCUT2D eigenvalue weighted by Gasteiger charge is -2.45. The molecule has 1 atom stereocenters. The number of carbonyl (C=O) groups is 2. The fourth-order valence-electron chi connectivity index (χ4n) is 4.13. The molecule has 1 aromatic rings. The van der Waals surface area contributed by atoms with Gasteiger partial charge < -0.3 is 25.3 Å². The number of nitrogens with zero attached hydrogens (tertiary/aromatic N) is 3. The van der Waals surface area contributed by atoms with Crippen LogP contribution >= 0.6 is 24.0 Å². The van der Waals surface area contributed by atoms with E-state index >= 15 is 0 Å². The topological polar surface area (TPSA) is 137 Å². The standard InChI is InChI=1S/C17H19ClN4O5.ClH.H2O/c1-20-12-6-10(18)15(22(25)26)14(16(12)27-8-13(20)23)17(24)19-11-7-21-4-2-9(11)3-5-21;;/h6,9,11H,2-5,7-8H2,1H3,(H,19,24);1H;1H2. The minimum atomic E-state index is -0.687. The van der Waals surface area contributed by atoms with Crippen LogP contribution < -0.4 is 15.0 Å². The van der Waals surface area contributed by atoms with E-state index in [2.05, 4.69) is 10.2 Å². The second kappa shape index (κ2) is 8.70. The first-order valence-corrected chi connectivity index (χ1v) is 9.18. The number of likely N-dealkylation sites (N-methyl/N-ethyl adjacent to an activating group) is 1. The first-order valence-electron chi connectivity index (χ1n) is 8.80. The molecule has 3 fully saturated rings. The molecule has 3 saturated heterocycles. The Morgan fingerprint density at radius 1 is 1.38 bits per heavy atom. The highest BCUT2D eigenvalue weighted by Crippen LogP contribution is 2.44. The molecule has 4 aliphatic rings. The van der Waals surface area contributed by atoms with E-state index < -0.39 is 16.5 Å². The number of rotatable bonds is 3. The van der Waals surface area contributed by atoms with Crippen LogP contribution in [0, 0.1) is 16.0 Å². The zero-order valence-corrected chi connectivity index (χ0v) is 17.2. The molecule has 2 bridgehead atoms. The van der Waals surface area contributed by atoms with E-state index in [1.54, 1.807) is 0 Å². The molecule has 0 radical (unpaired) electrons. The number of fused-ring (bicyclic) bond motifs is 4. The fraction of sp³-hybridized carbons (Fsp3) is 0.529. The summed E-state index contributed by atoms with van der Waals surface area (Å²) >= 11 is 6.10. The molecule has 1 aromatic carbocycles. The largest absolute Gasteiger partial charge is 0.480 e. The Morgan fingerprint density at radius 2 is 2.03 bits per heavy atom. The quantitative estimate of drug-likeness (QED) is 0.541. The maximum atomic E-state index is 13.1. The summed E-state index contributed by atoms with van der Waals surface area (Å²) in [6.07, 6.45) is 1.99. The number of ether oxygens (including phenoxy) is 1. The Morgan fingerprint density at radius 3 is 2.59 bits per heavy atom. The minimum Gasteiger partial charge on any atom is -0.480 e. The molecule has 4 heterocycles. The van der Waals surface area contributed by atoms with Crippen molar-refractivity contribution in [3.05, 3.63) is 26.8 Å². The van der Waals surface area contributed by atoms with Crippen molar-refractivity contribution in [3.63, 3.8) is 0 Å². The van der Waals surface area contributed by atoms with Crippen molar-refractivity contribution in [1.82, 2.24) is 10.2 Å². The third kappa shape index (κ3) is 3.97. The number of nitrogens with one attached hydrogen (secondary N) is 1. The zero-order chi connectivity index (χ0) is 19.3. The predicted molar refractivity (Wildman–Crippen MR) is 108 cm³/mol. The van der Waals surface area contributed by atoms with Crippen LogP contribution in [0.2, 0.25) is 5.02 Å². The smallest absolute Gasteiger partial charge is 0.304 e. The summed E-state index contributed by atoms with van der Waals surface area (Å²) in [5.41, 5.74) is -0.476. The molecule has 12 heteroatoms. The van der Waals surface area contributed by atoms with Gasteiger partial charge in [0.1, 0.15) is 5.02 Å². The molecule has 4 aliphatic heterocycles. The van der Waals surface area contributed by atoms with Crippen molar-refractivity contribution in [1.29, 1.82) is 0 Å². The Balaban J connectivity index is 0.00000150. The molecule has 5 rings (SSSR count). The number of amides is 2. The first-order chi connectivity index (χ1) is 12.9. The maximum Gasteiger partial charge on any atom is 0.304 e. The van der Waals surface area contributed by atoms with E-state index in [0.29, 0.717) is 5.92 Å². The van der Waals surface area contributed by atoms with Gasteiger partial charge in [0.05, 0.1) is 10.6 Å². The van der Waals surface area contributed by atoms with Crippen LogP contribution in [-0.4, -0.2) is 66.4 Å². The molecule has 3 N–H and O–H groups in total. The highest BCUT2D eigenvalue weighted by Gasteiger charge is 2.39. The van der Waals surface area contributed by atoms with Gasteiger partial charge in [-0.2, -0.15) is 0 Å². The number of hydrogen-bond acceptors (Lipinski definition) is 6. The molecule has 10 nitrogen and oxygen atoms in total. The number of anilines is 1. The summed E-state index contributed by atoms with van der Waals surface area (Å²) in [5.74, 6) is -0.539. The lowest BCUT2D eigenvalue weighted by Crippen LogP contribution is -2.57. The van der Waals surface area contributed by atoms with Crippen LogP contribution in [0.25, 0.3) is 0 Å². The van der Waals surface area contributed by atoms with Gasteiger partial charge in [0.2, 0.25) is 0 Å². The van der Waals surface area contributed by atoms with Gasteiger partial charge >= 0.3 is 5.69 Å². The highest BCUT2D eigenvalue weighted by atomic mass is 35.5. The van der Waals surface area contributed by atoms with Crippen molar-refractivity contribution < 1.29 is 24.7 Å². The minimum absolute atomic E-state index is 0. The molecule has 29 heavy (non-hydrogen) atoms. The maximum absolute atomic E-state index is 13.1. The molecule has 1 unspecified atom stereocenters. The van der Waals surface area contributed by atoms with Crippen molar-refractivity contribution in [2.75, 3.05) is 38.2 Å². The third-order valence-corrected chi connectivity index (χ3v) is 5.93. The van der Waals surface area contributed by atoms with E-state index in [9.17, 15) is 19.7 Å². The molecule has 0 aliphatic carbocycles. The molecular formula is C17H22Cl2N4O6. The van der Waals surface area contributed by atoms with Gasteiger partial charge in [-0.15, -0.1) is 12.4 Å². The Kier molecular flexibility index (Phi) is 6.94. The number of carbonyl (C=O) groups excluding carboxylic acids is 2. The van der Waals surface area contributed by atoms with Gasteiger partial charge in [-0.3, -0.25) is 19.7 Å². The number of halogens is 2. The van der Waals surface area contributed by atoms with E-state index in [1.807, 2.05) is 0 Å². The highest BCUT2D eigenvalue weighted by molar-refractivity contribution is 6.34. The summed E-state index contributed by atoms with van der Waals surface area (Å²) in [6, 6.07) is 1.22. The van der Waals surface area contributed by atoms with Crippen LogP contribution in [0.1, 0.15) is 23.2 Å². The Hall–Kier alpha value is -2.14. The number of nitro groups is 1. The van der Waals surface area contributed by atoms with Gasteiger partial charge in [-0.1, -0.05) is 11.6 Å². The summed E-state index contributed by atoms with van der Waals surface area (Å²) in [6.45, 7) is 2.47. The predicted octanol–water partition coefficient (Wildman–Crippen LogP) is 1.02. The molecular weight excluding hydrogens is 427 g/mol. The lowest BCUT2D eigenvalue weighted by molar-refractivity contribution is -0.385. The van der Waals surface area contributed by atoms with Crippen molar-refractivity contribution in [3.8, 4) is 5.75 Å². The average Bonchev–Trinajstić information content (AvgIpc) is 2.65. The van der Waals surface area contributed by atoms with Gasteiger partial charge in [0, 0.05) is 19.6 Å². The monoisotopic (exact) mass is 448 g/mol. The second-order valence-corrected chi connectivity index (χ2v) is 7.55. The van der Waals surface area contributed by atoms with Gasteiger partial charge in [0.25, 0.3) is 11.8 Å². The van der Waals surface area contributed by atoms with Gasteiger partial charge in [0.15, 0.2) is 17.9 Å². The van der Waals surface area contributed by atoms with Gasteiger partial charge in [-0.05, 0) is 37.9 Å². The van der Waals surface area contributed by atoms with E-state index in [0.717, 1.165) is 32.5 Å². The Labute approximate surface area is 178 Å². The summed E-state index contributed by atoms with van der Waals surface area (Å²) in [4.78, 5) is 39.4. The Bertz CT molecular complexity index is 844. The lowest BCUT2D eigenvalue weighted by atomic mass is 9.84. The van der Waals surface area contributed by atoms with Crippen molar-refractivity contribution >= 4 is 47.2 Å². The van der Waals surface area contributed by atoms with Crippen LogP contribution in [0.4, 0.5) is 11.4 Å². The van der Waals surface area contributed by atoms with E-state index in [-0.39, 0.29) is 58.5 Å². The number of hydrogen-bond donors (Lipinski definition) is 1. The molecule has 0 aromatic heterocycles. The molecule has 0 saturated carbocycles. The SMILES string of the molecule is CN1C(=O)COc2c1cc(Cl)c([N+](=O)[O-])c2C(=O)NC1CN2CCC1CC2.Cl.O. The second-order valence-electron chi connectivity index (χ2n) is 7.15. The van der Waals surface area contributed by atoms with E-state index in [4.69, 9.17) is 16.3 Å². The summed E-state index contributed by atoms with van der Waals surface area (Å²) < 4.78 is 5.43.